The summed E-state index contributed by atoms with van der Waals surface area (Å²) < 4.78 is 33.4. The first-order valence-corrected chi connectivity index (χ1v) is 9.19. The zero-order chi connectivity index (χ0) is 17.2. The van der Waals surface area contributed by atoms with Gasteiger partial charge in [-0.05, 0) is 36.9 Å². The predicted octanol–water partition coefficient (Wildman–Crippen LogP) is 4.80. The molecule has 0 N–H and O–H groups in total. The van der Waals surface area contributed by atoms with Crippen LogP contribution < -0.4 is 0 Å². The topological polar surface area (TPSA) is 42.2 Å². The van der Waals surface area contributed by atoms with Gasteiger partial charge in [-0.1, -0.05) is 18.6 Å². The predicted molar refractivity (Wildman–Crippen MR) is 91.0 cm³/mol. The number of halogens is 2. The first kappa shape index (κ1) is 16.4. The highest BCUT2D eigenvalue weighted by Crippen LogP contribution is 2.33. The van der Waals surface area contributed by atoms with E-state index in [9.17, 15) is 8.78 Å². The summed E-state index contributed by atoms with van der Waals surface area (Å²) in [6, 6.07) is 6.15. The molecular formula is C18H17F2N3OS. The van der Waals surface area contributed by atoms with Crippen molar-refractivity contribution in [1.82, 2.24) is 15.1 Å². The van der Waals surface area contributed by atoms with Crippen LogP contribution in [0.1, 0.15) is 36.8 Å². The average Bonchev–Trinajstić information content (AvgIpc) is 3.30. The third-order valence-corrected chi connectivity index (χ3v) is 5.20. The van der Waals surface area contributed by atoms with E-state index < -0.39 is 11.6 Å². The molecule has 130 valence electrons. The van der Waals surface area contributed by atoms with Crippen molar-refractivity contribution in [3.05, 3.63) is 58.1 Å². The molecule has 1 aliphatic rings. The van der Waals surface area contributed by atoms with Crippen LogP contribution in [0.15, 0.2) is 39.4 Å². The SMILES string of the molecule is Fc1cccc(CN2CCCC[C@H]2c2nnc(-c3ccsc3)o2)c1F. The molecule has 0 amide bonds. The fraction of sp³-hybridized carbons (Fsp3) is 0.333. The fourth-order valence-corrected chi connectivity index (χ4v) is 3.85. The van der Waals surface area contributed by atoms with Crippen molar-refractivity contribution in [3.8, 4) is 11.5 Å². The molecule has 0 aliphatic carbocycles. The van der Waals surface area contributed by atoms with Crippen LogP contribution in [-0.2, 0) is 6.54 Å². The largest absolute Gasteiger partial charge is 0.419 e. The summed E-state index contributed by atoms with van der Waals surface area (Å²) in [5.41, 5.74) is 1.26. The van der Waals surface area contributed by atoms with Gasteiger partial charge in [0.25, 0.3) is 0 Å². The number of nitrogens with zero attached hydrogens (tertiary/aromatic N) is 3. The van der Waals surface area contributed by atoms with Gasteiger partial charge >= 0.3 is 0 Å². The highest BCUT2D eigenvalue weighted by Gasteiger charge is 2.29. The molecule has 1 aliphatic heterocycles. The van der Waals surface area contributed by atoms with Crippen LogP contribution in [0.5, 0.6) is 0 Å². The van der Waals surface area contributed by atoms with E-state index >= 15 is 0 Å². The van der Waals surface area contributed by atoms with Crippen molar-refractivity contribution < 1.29 is 13.2 Å². The average molecular weight is 361 g/mol. The molecule has 3 aromatic rings. The molecule has 0 radical (unpaired) electrons. The summed E-state index contributed by atoms with van der Waals surface area (Å²) >= 11 is 1.57. The normalized spacial score (nSPS) is 18.6. The zero-order valence-corrected chi connectivity index (χ0v) is 14.3. The van der Waals surface area contributed by atoms with E-state index in [0.717, 1.165) is 37.4 Å². The number of likely N-dealkylation sites (tertiary alicyclic amines) is 1. The minimum absolute atomic E-state index is 0.0729. The van der Waals surface area contributed by atoms with E-state index in [-0.39, 0.29) is 6.04 Å². The molecule has 2 aromatic heterocycles. The smallest absolute Gasteiger partial charge is 0.248 e. The molecule has 0 unspecified atom stereocenters. The highest BCUT2D eigenvalue weighted by atomic mass is 32.1. The minimum Gasteiger partial charge on any atom is -0.419 e. The summed E-state index contributed by atoms with van der Waals surface area (Å²) in [6.45, 7) is 1.11. The lowest BCUT2D eigenvalue weighted by Crippen LogP contribution is -2.33. The standard InChI is InChI=1S/C18H17F2N3OS/c19-14-5-3-4-12(16(14)20)10-23-8-2-1-6-15(23)18-22-21-17(24-18)13-7-9-25-11-13/h3-5,7,9,11,15H,1-2,6,8,10H2/t15-/m0/s1. The number of hydrogen-bond donors (Lipinski definition) is 0. The van der Waals surface area contributed by atoms with Crippen molar-refractivity contribution in [2.75, 3.05) is 6.54 Å². The van der Waals surface area contributed by atoms with Gasteiger partial charge in [-0.2, -0.15) is 11.3 Å². The first-order valence-electron chi connectivity index (χ1n) is 8.25. The van der Waals surface area contributed by atoms with E-state index in [4.69, 9.17) is 4.42 Å². The van der Waals surface area contributed by atoms with Crippen LogP contribution in [-0.4, -0.2) is 21.6 Å². The quantitative estimate of drug-likeness (QED) is 0.669. The van der Waals surface area contributed by atoms with Gasteiger partial charge in [-0.15, -0.1) is 10.2 Å². The van der Waals surface area contributed by atoms with Crippen LogP contribution in [0.2, 0.25) is 0 Å². The van der Waals surface area contributed by atoms with Gasteiger partial charge in [0.1, 0.15) is 0 Å². The highest BCUT2D eigenvalue weighted by molar-refractivity contribution is 7.08. The number of piperidine rings is 1. The summed E-state index contributed by atoms with van der Waals surface area (Å²) in [5, 5.41) is 12.3. The van der Waals surface area contributed by atoms with E-state index in [1.807, 2.05) is 16.8 Å². The van der Waals surface area contributed by atoms with Crippen molar-refractivity contribution in [2.24, 2.45) is 0 Å². The maximum Gasteiger partial charge on any atom is 0.248 e. The molecule has 1 fully saturated rings. The Labute approximate surface area is 148 Å². The van der Waals surface area contributed by atoms with Crippen molar-refractivity contribution in [3.63, 3.8) is 0 Å². The molecule has 4 nitrogen and oxygen atoms in total. The van der Waals surface area contributed by atoms with Crippen LogP contribution in [0, 0.1) is 11.6 Å². The Hall–Kier alpha value is -2.12. The molecule has 0 spiro atoms. The monoisotopic (exact) mass is 361 g/mol. The summed E-state index contributed by atoms with van der Waals surface area (Å²) in [4.78, 5) is 2.09. The number of aromatic nitrogens is 2. The van der Waals surface area contributed by atoms with Crippen LogP contribution in [0.25, 0.3) is 11.5 Å². The zero-order valence-electron chi connectivity index (χ0n) is 13.5. The number of thiophene rings is 1. The maximum atomic E-state index is 14.0. The van der Waals surface area contributed by atoms with Crippen LogP contribution >= 0.6 is 11.3 Å². The lowest BCUT2D eigenvalue weighted by Gasteiger charge is -2.33. The Bertz CT molecular complexity index is 850. The Kier molecular flexibility index (Phi) is 4.59. The second-order valence-electron chi connectivity index (χ2n) is 6.15. The van der Waals surface area contributed by atoms with Crippen molar-refractivity contribution in [2.45, 2.75) is 31.8 Å². The molecule has 4 rings (SSSR count). The second-order valence-corrected chi connectivity index (χ2v) is 6.93. The van der Waals surface area contributed by atoms with E-state index in [0.29, 0.717) is 23.9 Å². The van der Waals surface area contributed by atoms with Gasteiger partial charge in [-0.25, -0.2) is 8.78 Å². The van der Waals surface area contributed by atoms with Gasteiger partial charge in [0, 0.05) is 23.1 Å². The van der Waals surface area contributed by atoms with E-state index in [1.54, 1.807) is 17.4 Å². The van der Waals surface area contributed by atoms with E-state index in [1.165, 1.54) is 6.07 Å². The third kappa shape index (κ3) is 3.34. The lowest BCUT2D eigenvalue weighted by molar-refractivity contribution is 0.116. The van der Waals surface area contributed by atoms with Crippen molar-refractivity contribution >= 4 is 11.3 Å². The number of rotatable bonds is 4. The number of benzene rings is 1. The van der Waals surface area contributed by atoms with Gasteiger partial charge < -0.3 is 4.42 Å². The van der Waals surface area contributed by atoms with Gasteiger partial charge in [0.2, 0.25) is 11.8 Å². The Morgan fingerprint density at radius 2 is 2.12 bits per heavy atom. The van der Waals surface area contributed by atoms with Crippen LogP contribution in [0.4, 0.5) is 8.78 Å². The third-order valence-electron chi connectivity index (χ3n) is 4.51. The molecule has 0 bridgehead atoms. The first-order chi connectivity index (χ1) is 12.2. The van der Waals surface area contributed by atoms with Gasteiger partial charge in [0.05, 0.1) is 6.04 Å². The molecule has 1 atom stereocenters. The molecule has 1 aromatic carbocycles. The van der Waals surface area contributed by atoms with Crippen LogP contribution in [0.3, 0.4) is 0 Å². The lowest BCUT2D eigenvalue weighted by atomic mass is 10.0. The van der Waals surface area contributed by atoms with Gasteiger partial charge in [0.15, 0.2) is 11.6 Å². The van der Waals surface area contributed by atoms with E-state index in [2.05, 4.69) is 15.1 Å². The summed E-state index contributed by atoms with van der Waals surface area (Å²) in [6.07, 6.45) is 2.92. The Morgan fingerprint density at radius 1 is 1.20 bits per heavy atom. The molecule has 0 saturated carbocycles. The van der Waals surface area contributed by atoms with Crippen molar-refractivity contribution in [1.29, 1.82) is 0 Å². The molecule has 7 heteroatoms. The Balaban J connectivity index is 1.58. The summed E-state index contributed by atoms with van der Waals surface area (Å²) in [7, 11) is 0. The molecular weight excluding hydrogens is 344 g/mol. The number of hydrogen-bond acceptors (Lipinski definition) is 5. The van der Waals surface area contributed by atoms with Gasteiger partial charge in [-0.3, -0.25) is 4.90 Å². The fourth-order valence-electron chi connectivity index (χ4n) is 3.22. The second kappa shape index (κ2) is 7.01. The maximum absolute atomic E-state index is 14.0. The summed E-state index contributed by atoms with van der Waals surface area (Å²) in [5.74, 6) is -0.559. The molecule has 3 heterocycles. The minimum atomic E-state index is -0.816. The molecule has 1 saturated heterocycles. The Morgan fingerprint density at radius 3 is 2.96 bits per heavy atom. The molecule has 25 heavy (non-hydrogen) atoms.